The highest BCUT2D eigenvalue weighted by atomic mass is 15.0. The minimum absolute atomic E-state index is 0.400. The van der Waals surface area contributed by atoms with Crippen molar-refractivity contribution in [1.29, 1.82) is 0 Å². The fourth-order valence-electron chi connectivity index (χ4n) is 6.31. The molecule has 0 saturated heterocycles. The van der Waals surface area contributed by atoms with Gasteiger partial charge in [0.1, 0.15) is 6.20 Å². The zero-order valence-corrected chi connectivity index (χ0v) is 23.3. The molecule has 2 aromatic heterocycles. The number of aromatic nitrogens is 2. The van der Waals surface area contributed by atoms with Crippen LogP contribution in [0, 0.1) is 6.57 Å². The molecule has 0 bridgehead atoms. The highest BCUT2D eigenvalue weighted by Gasteiger charge is 2.19. The van der Waals surface area contributed by atoms with E-state index in [0.717, 1.165) is 22.4 Å². The third kappa shape index (κ3) is 4.17. The highest BCUT2D eigenvalue weighted by Crippen LogP contribution is 2.43. The van der Waals surface area contributed by atoms with E-state index in [0.29, 0.717) is 5.82 Å². The maximum absolute atomic E-state index is 7.41. The lowest BCUT2D eigenvalue weighted by molar-refractivity contribution is 1.18. The van der Waals surface area contributed by atoms with Crippen LogP contribution in [-0.2, 0) is 0 Å². The standard InChI is InChI=1S/C40H25N3/c1-41-39-25-30(21-22-42-39)28-13-10-14-31(23-28)36-26-38-40(34-18-9-8-17-33(34)36)35-20-19-29(27-11-4-2-5-12-27)24-37(35)43(38)32-15-6-3-7-16-32/h2-26H. The van der Waals surface area contributed by atoms with E-state index in [1.54, 1.807) is 6.20 Å². The second-order valence-corrected chi connectivity index (χ2v) is 10.7. The molecule has 0 amide bonds. The Morgan fingerprint density at radius 2 is 1.16 bits per heavy atom. The van der Waals surface area contributed by atoms with Gasteiger partial charge in [-0.1, -0.05) is 110 Å². The van der Waals surface area contributed by atoms with E-state index in [-0.39, 0.29) is 0 Å². The molecule has 0 aliphatic carbocycles. The van der Waals surface area contributed by atoms with Crippen molar-refractivity contribution in [2.75, 3.05) is 0 Å². The molecule has 0 atom stereocenters. The highest BCUT2D eigenvalue weighted by molar-refractivity contribution is 6.24. The second-order valence-electron chi connectivity index (χ2n) is 10.7. The van der Waals surface area contributed by atoms with Crippen LogP contribution in [0.5, 0.6) is 0 Å². The number of para-hydroxylation sites is 1. The molecule has 0 spiro atoms. The van der Waals surface area contributed by atoms with Crippen LogP contribution in [-0.4, -0.2) is 9.55 Å². The Hall–Kier alpha value is -5.98. The van der Waals surface area contributed by atoms with Gasteiger partial charge in [0, 0.05) is 16.5 Å². The number of hydrogen-bond donors (Lipinski definition) is 0. The normalized spacial score (nSPS) is 11.2. The van der Waals surface area contributed by atoms with Gasteiger partial charge in [0.15, 0.2) is 0 Å². The third-order valence-electron chi connectivity index (χ3n) is 8.26. The lowest BCUT2D eigenvalue weighted by Gasteiger charge is -2.13. The van der Waals surface area contributed by atoms with Gasteiger partial charge in [-0.15, -0.1) is 4.98 Å². The lowest BCUT2D eigenvalue weighted by atomic mass is 9.93. The van der Waals surface area contributed by atoms with Crippen molar-refractivity contribution in [1.82, 2.24) is 9.55 Å². The first kappa shape index (κ1) is 24.8. The molecule has 0 unspecified atom stereocenters. The fraction of sp³-hybridized carbons (Fsp3) is 0. The van der Waals surface area contributed by atoms with Gasteiger partial charge in [-0.25, -0.2) is 0 Å². The summed E-state index contributed by atoms with van der Waals surface area (Å²) in [5.74, 6) is 0.400. The van der Waals surface area contributed by atoms with E-state index in [2.05, 4.69) is 148 Å². The van der Waals surface area contributed by atoms with Crippen LogP contribution in [0.3, 0.4) is 0 Å². The van der Waals surface area contributed by atoms with Crippen molar-refractivity contribution < 1.29 is 0 Å². The number of nitrogens with zero attached hydrogens (tertiary/aromatic N) is 3. The smallest absolute Gasteiger partial charge is 0.270 e. The summed E-state index contributed by atoms with van der Waals surface area (Å²) < 4.78 is 2.40. The zero-order valence-electron chi connectivity index (χ0n) is 23.3. The molecule has 3 heteroatoms. The predicted molar refractivity (Wildman–Crippen MR) is 179 cm³/mol. The van der Waals surface area contributed by atoms with Crippen molar-refractivity contribution in [2.45, 2.75) is 0 Å². The molecule has 200 valence electrons. The monoisotopic (exact) mass is 547 g/mol. The number of rotatable bonds is 4. The van der Waals surface area contributed by atoms with Crippen LogP contribution in [0.2, 0.25) is 0 Å². The molecule has 3 nitrogen and oxygen atoms in total. The maximum Gasteiger partial charge on any atom is 0.270 e. The van der Waals surface area contributed by atoms with Gasteiger partial charge in [0.05, 0.1) is 11.0 Å². The van der Waals surface area contributed by atoms with E-state index in [1.807, 2.05) is 12.1 Å². The number of hydrogen-bond acceptors (Lipinski definition) is 1. The van der Waals surface area contributed by atoms with Crippen molar-refractivity contribution in [2.24, 2.45) is 0 Å². The van der Waals surface area contributed by atoms with Gasteiger partial charge < -0.3 is 9.41 Å². The number of pyridine rings is 1. The van der Waals surface area contributed by atoms with E-state index in [4.69, 9.17) is 6.57 Å². The minimum Gasteiger partial charge on any atom is -0.361 e. The molecule has 8 aromatic rings. The van der Waals surface area contributed by atoms with Crippen LogP contribution >= 0.6 is 0 Å². The van der Waals surface area contributed by atoms with Gasteiger partial charge >= 0.3 is 0 Å². The summed E-state index contributed by atoms with van der Waals surface area (Å²) in [6.07, 6.45) is 1.71. The molecule has 6 aromatic carbocycles. The molecule has 2 heterocycles. The topological polar surface area (TPSA) is 22.2 Å². The molecule has 0 aliphatic heterocycles. The first-order valence-electron chi connectivity index (χ1n) is 14.3. The molecule has 0 aliphatic rings. The van der Waals surface area contributed by atoms with E-state index in [1.165, 1.54) is 49.3 Å². The fourth-order valence-corrected chi connectivity index (χ4v) is 6.31. The average Bonchev–Trinajstić information content (AvgIpc) is 3.42. The van der Waals surface area contributed by atoms with Crippen LogP contribution in [0.4, 0.5) is 5.82 Å². The molecular weight excluding hydrogens is 522 g/mol. The van der Waals surface area contributed by atoms with E-state index < -0.39 is 0 Å². The summed E-state index contributed by atoms with van der Waals surface area (Å²) in [7, 11) is 0. The Labute approximate surface area is 249 Å². The number of fused-ring (bicyclic) bond motifs is 5. The summed E-state index contributed by atoms with van der Waals surface area (Å²) in [5.41, 5.74) is 10.2. The van der Waals surface area contributed by atoms with Crippen molar-refractivity contribution >= 4 is 38.4 Å². The van der Waals surface area contributed by atoms with Gasteiger partial charge in [0.25, 0.3) is 5.82 Å². The van der Waals surface area contributed by atoms with Crippen LogP contribution in [0.1, 0.15) is 0 Å². The average molecular weight is 548 g/mol. The van der Waals surface area contributed by atoms with E-state index >= 15 is 0 Å². The first-order chi connectivity index (χ1) is 21.3. The Morgan fingerprint density at radius 3 is 1.98 bits per heavy atom. The van der Waals surface area contributed by atoms with Crippen molar-refractivity contribution in [3.8, 4) is 39.1 Å². The molecule has 0 radical (unpaired) electrons. The van der Waals surface area contributed by atoms with Crippen molar-refractivity contribution in [3.63, 3.8) is 0 Å². The largest absolute Gasteiger partial charge is 0.361 e. The number of benzene rings is 6. The van der Waals surface area contributed by atoms with Gasteiger partial charge in [-0.2, -0.15) is 0 Å². The molecule has 0 N–H and O–H groups in total. The summed E-state index contributed by atoms with van der Waals surface area (Å²) >= 11 is 0. The lowest BCUT2D eigenvalue weighted by Crippen LogP contribution is -1.94. The van der Waals surface area contributed by atoms with Gasteiger partial charge in [0.2, 0.25) is 0 Å². The second kappa shape index (κ2) is 10.1. The van der Waals surface area contributed by atoms with Crippen LogP contribution < -0.4 is 0 Å². The summed E-state index contributed by atoms with van der Waals surface area (Å²) in [6, 6.07) is 51.6. The third-order valence-corrected chi connectivity index (χ3v) is 8.26. The van der Waals surface area contributed by atoms with E-state index in [9.17, 15) is 0 Å². The summed E-state index contributed by atoms with van der Waals surface area (Å²) in [6.45, 7) is 7.41. The van der Waals surface area contributed by atoms with Crippen LogP contribution in [0.25, 0.3) is 76.5 Å². The first-order valence-corrected chi connectivity index (χ1v) is 14.3. The maximum atomic E-state index is 7.41. The SMILES string of the molecule is [C-]#[N+]c1cc(-c2cccc(-c3cc4c(c5ccccc35)c3ccc(-c5ccccc5)cc3n4-c3ccccc3)c2)ccn1. The summed E-state index contributed by atoms with van der Waals surface area (Å²) in [5, 5.41) is 4.93. The van der Waals surface area contributed by atoms with Gasteiger partial charge in [-0.05, 0) is 86.6 Å². The Morgan fingerprint density at radius 1 is 0.488 bits per heavy atom. The molecule has 8 rings (SSSR count). The Bertz CT molecular complexity index is 2340. The molecular formula is C40H25N3. The quantitative estimate of drug-likeness (QED) is 0.201. The molecule has 0 fully saturated rings. The minimum atomic E-state index is 0.400. The predicted octanol–water partition coefficient (Wildman–Crippen LogP) is 10.9. The Kier molecular flexibility index (Phi) is 5.84. The Balaban J connectivity index is 1.45. The molecule has 0 saturated carbocycles. The van der Waals surface area contributed by atoms with Crippen molar-refractivity contribution in [3.05, 3.63) is 163 Å². The van der Waals surface area contributed by atoms with Crippen LogP contribution in [0.15, 0.2) is 152 Å². The molecule has 43 heavy (non-hydrogen) atoms. The van der Waals surface area contributed by atoms with Gasteiger partial charge in [-0.3, -0.25) is 0 Å². The summed E-state index contributed by atoms with van der Waals surface area (Å²) in [4.78, 5) is 7.70. The zero-order chi connectivity index (χ0) is 28.8.